The molecule has 256 valence electrons. The number of fused-ring (bicyclic) bond motifs is 1. The highest BCUT2D eigenvalue weighted by Crippen LogP contribution is 2.63. The first-order chi connectivity index (χ1) is 22.3. The van der Waals surface area contributed by atoms with E-state index in [4.69, 9.17) is 34.0 Å². The molecule has 4 heterocycles. The highest BCUT2D eigenvalue weighted by atomic mass is 35.5. The molecule has 1 aliphatic carbocycles. The Balaban J connectivity index is 1.54. The van der Waals surface area contributed by atoms with Crippen molar-refractivity contribution in [2.45, 2.75) is 125 Å². The summed E-state index contributed by atoms with van der Waals surface area (Å²) in [7, 11) is -4.29. The third-order valence-corrected chi connectivity index (χ3v) is 22.7. The quantitative estimate of drug-likeness (QED) is 0.129. The summed E-state index contributed by atoms with van der Waals surface area (Å²) in [6, 6.07) is 6.98. The Hall–Kier alpha value is -2.01. The van der Waals surface area contributed by atoms with E-state index in [0.717, 1.165) is 19.3 Å². The fourth-order valence-corrected chi connectivity index (χ4v) is 21.6. The van der Waals surface area contributed by atoms with Gasteiger partial charge in [-0.15, -0.1) is 11.8 Å². The average Bonchev–Trinajstić information content (AvgIpc) is 3.71. The number of hydrogen-bond donors (Lipinski definition) is 0. The van der Waals surface area contributed by atoms with Gasteiger partial charge in [-0.3, -0.25) is 4.57 Å². The van der Waals surface area contributed by atoms with E-state index in [1.54, 1.807) is 49.5 Å². The summed E-state index contributed by atoms with van der Waals surface area (Å²) in [5.74, 6) is 0.226. The Morgan fingerprint density at radius 2 is 1.62 bits per heavy atom. The van der Waals surface area contributed by atoms with Crippen molar-refractivity contribution in [2.75, 3.05) is 7.11 Å². The summed E-state index contributed by atoms with van der Waals surface area (Å²) in [6.07, 6.45) is 4.55. The first kappa shape index (κ1) is 34.8. The van der Waals surface area contributed by atoms with Crippen LogP contribution in [0.1, 0.15) is 90.4 Å². The van der Waals surface area contributed by atoms with Gasteiger partial charge in [0.2, 0.25) is 0 Å². The molecule has 1 saturated carbocycles. The highest BCUT2D eigenvalue weighted by molar-refractivity contribution is 8.01. The Morgan fingerprint density at radius 1 is 0.979 bits per heavy atom. The molecule has 1 aromatic carbocycles. The normalized spacial score (nSPS) is 28.5. The zero-order valence-corrected chi connectivity index (χ0v) is 32.3. The lowest BCUT2D eigenvalue weighted by Gasteiger charge is -2.55. The summed E-state index contributed by atoms with van der Waals surface area (Å²) < 4.78 is 36.3. The van der Waals surface area contributed by atoms with Gasteiger partial charge in [0.15, 0.2) is 16.9 Å². The number of carbonyl (C=O) groups excluding carboxylic acids is 1. The number of halogens is 1. The highest BCUT2D eigenvalue weighted by Gasteiger charge is 2.70. The second-order valence-corrected chi connectivity index (χ2v) is 24.9. The van der Waals surface area contributed by atoms with Crippen LogP contribution in [0.15, 0.2) is 36.9 Å². The average molecular weight is 719 g/mol. The van der Waals surface area contributed by atoms with Crippen LogP contribution in [0.2, 0.25) is 27.3 Å². The van der Waals surface area contributed by atoms with Crippen molar-refractivity contribution in [3.8, 4) is 5.75 Å². The largest absolute Gasteiger partial charge is 0.497 e. The van der Waals surface area contributed by atoms with E-state index in [1.807, 2.05) is 4.57 Å². The number of methoxy groups -OCH3 is 1. The monoisotopic (exact) mass is 718 g/mol. The molecule has 3 fully saturated rings. The number of carbonyl (C=O) groups is 1. The van der Waals surface area contributed by atoms with Gasteiger partial charge in [0.1, 0.15) is 29.1 Å². The number of hydrogen-bond acceptors (Lipinski definition) is 10. The Morgan fingerprint density at radius 3 is 2.23 bits per heavy atom. The molecule has 2 aromatic heterocycles. The van der Waals surface area contributed by atoms with Gasteiger partial charge < -0.3 is 22.4 Å². The molecule has 3 aromatic rings. The summed E-state index contributed by atoms with van der Waals surface area (Å²) in [6.45, 7) is 17.9. The predicted octanol–water partition coefficient (Wildman–Crippen LogP) is 8.21. The second-order valence-electron chi connectivity index (χ2n) is 14.3. The maximum absolute atomic E-state index is 14.0. The van der Waals surface area contributed by atoms with Gasteiger partial charge in [0.25, 0.3) is 0 Å². The number of esters is 1. The molecule has 0 amide bonds. The smallest absolute Gasteiger partial charge is 0.338 e. The van der Waals surface area contributed by atoms with E-state index in [1.165, 1.54) is 6.33 Å². The van der Waals surface area contributed by atoms with Crippen LogP contribution in [0.5, 0.6) is 5.75 Å². The number of benzene rings is 1. The maximum atomic E-state index is 14.0. The standard InChI is InChI=1S/C33H47ClN4O6SSi2/c1-19(2)46(20(3)4)42-25-11-10-16-33(25)28(43-47(44-46,21(5)6)22(7)8)27(41-32(39)23-12-14-24(40-9)15-13-23)31(45-33)38-18-37-26-29(34)35-17-36-30(26)38/h12-15,17-22,25,27-28,31H,10-11,16H2,1-9H3/t25-,27+,28-,31+,33?/m0/s1. The van der Waals surface area contributed by atoms with Crippen molar-refractivity contribution in [1.82, 2.24) is 19.5 Å². The van der Waals surface area contributed by atoms with Gasteiger partial charge in [0.05, 0.1) is 29.9 Å². The molecule has 0 radical (unpaired) electrons. The van der Waals surface area contributed by atoms with E-state index in [-0.39, 0.29) is 33.4 Å². The molecule has 47 heavy (non-hydrogen) atoms. The lowest BCUT2D eigenvalue weighted by molar-refractivity contribution is -0.0586. The first-order valence-corrected chi connectivity index (χ1v) is 21.9. The minimum absolute atomic E-state index is 0.119. The predicted molar refractivity (Wildman–Crippen MR) is 188 cm³/mol. The minimum atomic E-state index is -3.05. The summed E-state index contributed by atoms with van der Waals surface area (Å²) in [4.78, 5) is 27.4. The van der Waals surface area contributed by atoms with E-state index in [9.17, 15) is 4.79 Å². The number of imidazole rings is 1. The summed E-state index contributed by atoms with van der Waals surface area (Å²) >= 11 is 8.25. The lowest BCUT2D eigenvalue weighted by Crippen LogP contribution is -2.69. The van der Waals surface area contributed by atoms with Crippen LogP contribution in [-0.4, -0.2) is 72.8 Å². The third kappa shape index (κ3) is 5.67. The van der Waals surface area contributed by atoms with Gasteiger partial charge in [-0.05, 0) is 65.7 Å². The molecule has 6 rings (SSSR count). The molecule has 1 spiro atoms. The van der Waals surface area contributed by atoms with Crippen molar-refractivity contribution >= 4 is 57.6 Å². The molecule has 2 saturated heterocycles. The molecular weight excluding hydrogens is 672 g/mol. The van der Waals surface area contributed by atoms with Crippen molar-refractivity contribution < 1.29 is 27.2 Å². The van der Waals surface area contributed by atoms with Crippen molar-refractivity contribution in [3.63, 3.8) is 0 Å². The van der Waals surface area contributed by atoms with E-state index < -0.39 is 45.4 Å². The molecule has 0 N–H and O–H groups in total. The fourth-order valence-electron chi connectivity index (χ4n) is 7.87. The number of aromatic nitrogens is 4. The van der Waals surface area contributed by atoms with Crippen LogP contribution < -0.4 is 4.74 Å². The Labute approximate surface area is 289 Å². The van der Waals surface area contributed by atoms with E-state index in [0.29, 0.717) is 22.5 Å². The number of ether oxygens (including phenoxy) is 2. The first-order valence-electron chi connectivity index (χ1n) is 16.7. The molecule has 3 aliphatic rings. The SMILES string of the molecule is COc1ccc(C(=O)O[C@H]2[C@H](n3cnc4c(Cl)ncnc43)SC34CCC[C@@H]3O[Si](C(C)C)(C(C)C)O[Si](C(C)C)(C(C)C)O[C@@H]24)cc1. The fraction of sp³-hybridized carbons (Fsp3) is 0.636. The van der Waals surface area contributed by atoms with E-state index in [2.05, 4.69) is 70.3 Å². The summed E-state index contributed by atoms with van der Waals surface area (Å²) in [5.41, 5.74) is 2.18. The Bertz CT molecular complexity index is 1590. The number of rotatable bonds is 8. The van der Waals surface area contributed by atoms with Crippen LogP contribution in [0.4, 0.5) is 0 Å². The second kappa shape index (κ2) is 13.0. The maximum Gasteiger partial charge on any atom is 0.338 e. The molecule has 0 bridgehead atoms. The molecule has 5 atom stereocenters. The van der Waals surface area contributed by atoms with E-state index >= 15 is 0 Å². The van der Waals surface area contributed by atoms with Gasteiger partial charge in [-0.2, -0.15) is 0 Å². The van der Waals surface area contributed by atoms with Crippen molar-refractivity contribution in [1.29, 1.82) is 0 Å². The lowest BCUT2D eigenvalue weighted by atomic mass is 9.93. The number of nitrogens with zero attached hydrogens (tertiary/aromatic N) is 4. The van der Waals surface area contributed by atoms with Crippen LogP contribution in [0, 0.1) is 0 Å². The van der Waals surface area contributed by atoms with Crippen LogP contribution in [-0.2, 0) is 17.7 Å². The third-order valence-electron chi connectivity index (χ3n) is 10.3. The molecule has 10 nitrogen and oxygen atoms in total. The molecule has 2 aliphatic heterocycles. The molecule has 14 heteroatoms. The van der Waals surface area contributed by atoms with Crippen LogP contribution in [0.25, 0.3) is 11.2 Å². The molecule has 1 unspecified atom stereocenters. The zero-order chi connectivity index (χ0) is 33.9. The van der Waals surface area contributed by atoms with Crippen LogP contribution >= 0.6 is 23.4 Å². The van der Waals surface area contributed by atoms with Crippen LogP contribution in [0.3, 0.4) is 0 Å². The zero-order valence-electron chi connectivity index (χ0n) is 28.7. The number of thioether (sulfide) groups is 1. The van der Waals surface area contributed by atoms with Crippen molar-refractivity contribution in [2.24, 2.45) is 0 Å². The topological polar surface area (TPSA) is 107 Å². The Kier molecular flexibility index (Phi) is 9.66. The van der Waals surface area contributed by atoms with Gasteiger partial charge in [0, 0.05) is 0 Å². The van der Waals surface area contributed by atoms with Gasteiger partial charge >= 0.3 is 23.1 Å². The van der Waals surface area contributed by atoms with Crippen molar-refractivity contribution in [3.05, 3.63) is 47.6 Å². The van der Waals surface area contributed by atoms with Gasteiger partial charge in [-0.25, -0.2) is 19.7 Å². The molecular formula is C33H47ClN4O6SSi2. The van der Waals surface area contributed by atoms with Gasteiger partial charge in [-0.1, -0.05) is 67.0 Å². The summed E-state index contributed by atoms with van der Waals surface area (Å²) in [5, 5.41) is -0.143. The minimum Gasteiger partial charge on any atom is -0.497 e.